The predicted molar refractivity (Wildman–Crippen MR) is 138 cm³/mol. The molecule has 3 amide bonds. The van der Waals surface area contributed by atoms with Crippen molar-refractivity contribution >= 4 is 41.5 Å². The van der Waals surface area contributed by atoms with E-state index >= 15 is 0 Å². The standard InChI is InChI=1S/C22H31N9O2.C2HF3O2/c1-12(2)10-23-14-3-5-15(6-4-14)25-20-28-18-13(9-17-19(32)29-22(33)27-17)11-24-31(18)21(30-20)26-16-7-8-16;3-2(4,5)1(6)7/h9,11-12,14-16,23H,3-8,10H2,1-2H3,(H2,25,26,28,30)(H2,27,29,32,33);(H,6,7). The number of imide groups is 1. The van der Waals surface area contributed by atoms with Crippen LogP contribution < -0.4 is 26.6 Å². The first-order chi connectivity index (χ1) is 18.9. The topological polar surface area (TPSA) is 175 Å². The van der Waals surface area contributed by atoms with E-state index in [0.717, 1.165) is 45.1 Å². The molecule has 6 N–H and O–H groups in total. The summed E-state index contributed by atoms with van der Waals surface area (Å²) in [6.07, 6.45) is 4.69. The van der Waals surface area contributed by atoms with Crippen molar-refractivity contribution < 1.29 is 32.7 Å². The summed E-state index contributed by atoms with van der Waals surface area (Å²) in [5, 5.41) is 26.9. The summed E-state index contributed by atoms with van der Waals surface area (Å²) in [4.78, 5) is 41.7. The van der Waals surface area contributed by atoms with Crippen LogP contribution in [0.2, 0.25) is 0 Å². The molecule has 2 aliphatic carbocycles. The SMILES string of the molecule is CC(C)CNC1CCC(Nc2nc(NC3CC3)n3ncc(C=C4NC(=O)NC4=O)c3n2)CC1.O=C(O)C(F)(F)F. The Kier molecular flexibility index (Phi) is 8.76. The first-order valence-corrected chi connectivity index (χ1v) is 13.1. The van der Waals surface area contributed by atoms with Gasteiger partial charge in [-0.25, -0.2) is 9.59 Å². The van der Waals surface area contributed by atoms with Gasteiger partial charge in [0.05, 0.1) is 6.20 Å². The zero-order valence-corrected chi connectivity index (χ0v) is 22.0. The molecule has 2 aromatic rings. The molecule has 1 aliphatic heterocycles. The van der Waals surface area contributed by atoms with Gasteiger partial charge in [-0.15, -0.1) is 0 Å². The van der Waals surface area contributed by atoms with Crippen LogP contribution in [0.5, 0.6) is 0 Å². The maximum Gasteiger partial charge on any atom is 0.490 e. The number of alkyl halides is 3. The van der Waals surface area contributed by atoms with E-state index < -0.39 is 24.1 Å². The number of anilines is 2. The first kappa shape index (κ1) is 29.0. The van der Waals surface area contributed by atoms with Crippen LogP contribution in [0.25, 0.3) is 11.7 Å². The smallest absolute Gasteiger partial charge is 0.475 e. The molecule has 5 rings (SSSR count). The number of aliphatic carboxylic acids is 1. The van der Waals surface area contributed by atoms with E-state index in [0.29, 0.717) is 47.2 Å². The highest BCUT2D eigenvalue weighted by molar-refractivity contribution is 6.14. The average molecular weight is 568 g/mol. The first-order valence-electron chi connectivity index (χ1n) is 13.1. The molecule has 13 nitrogen and oxygen atoms in total. The lowest BCUT2D eigenvalue weighted by atomic mass is 9.91. The number of carboxylic acid groups (broad SMARTS) is 1. The van der Waals surface area contributed by atoms with Crippen LogP contribution >= 0.6 is 0 Å². The van der Waals surface area contributed by atoms with Gasteiger partial charge >= 0.3 is 18.2 Å². The van der Waals surface area contributed by atoms with E-state index in [2.05, 4.69) is 45.5 Å². The normalized spacial score (nSPS) is 22.1. The molecule has 0 bridgehead atoms. The summed E-state index contributed by atoms with van der Waals surface area (Å²) >= 11 is 0. The molecular weight excluding hydrogens is 535 g/mol. The number of amides is 3. The quantitative estimate of drug-likeness (QED) is 0.205. The minimum Gasteiger partial charge on any atom is -0.475 e. The molecule has 0 spiro atoms. The molecular formula is C24H32F3N9O4. The Morgan fingerprint density at radius 3 is 2.23 bits per heavy atom. The van der Waals surface area contributed by atoms with Crippen molar-refractivity contribution in [2.24, 2.45) is 5.92 Å². The fourth-order valence-electron chi connectivity index (χ4n) is 4.23. The summed E-state index contributed by atoms with van der Waals surface area (Å²) < 4.78 is 33.4. The van der Waals surface area contributed by atoms with Gasteiger partial charge in [0, 0.05) is 23.7 Å². The third-order valence-corrected chi connectivity index (χ3v) is 6.44. The Morgan fingerprint density at radius 2 is 1.68 bits per heavy atom. The number of carbonyl (C=O) groups is 3. The molecule has 40 heavy (non-hydrogen) atoms. The van der Waals surface area contributed by atoms with Crippen molar-refractivity contribution in [1.82, 2.24) is 35.5 Å². The van der Waals surface area contributed by atoms with E-state index in [4.69, 9.17) is 19.9 Å². The zero-order valence-electron chi connectivity index (χ0n) is 22.0. The van der Waals surface area contributed by atoms with Crippen LogP contribution in [0.3, 0.4) is 0 Å². The molecule has 0 aromatic carbocycles. The number of hydrogen-bond acceptors (Lipinski definition) is 9. The van der Waals surface area contributed by atoms with Gasteiger partial charge in [-0.1, -0.05) is 13.8 Å². The number of rotatable bonds is 8. The van der Waals surface area contributed by atoms with Crippen molar-refractivity contribution in [3.05, 3.63) is 17.5 Å². The minimum absolute atomic E-state index is 0.173. The van der Waals surface area contributed by atoms with Crippen LogP contribution in [0.1, 0.15) is 57.9 Å². The van der Waals surface area contributed by atoms with Crippen LogP contribution in [-0.2, 0) is 9.59 Å². The number of halogens is 3. The lowest BCUT2D eigenvalue weighted by molar-refractivity contribution is -0.192. The number of nitrogens with one attached hydrogen (secondary N) is 5. The molecule has 0 unspecified atom stereocenters. The molecule has 0 atom stereocenters. The van der Waals surface area contributed by atoms with Gasteiger partial charge in [0.2, 0.25) is 11.9 Å². The summed E-state index contributed by atoms with van der Waals surface area (Å²) in [5.74, 6) is -1.40. The second-order valence-corrected chi connectivity index (χ2v) is 10.4. The Hall–Kier alpha value is -3.95. The van der Waals surface area contributed by atoms with Crippen LogP contribution in [-0.4, -0.2) is 73.4 Å². The molecule has 2 saturated carbocycles. The molecule has 16 heteroatoms. The van der Waals surface area contributed by atoms with E-state index in [1.807, 2.05) is 0 Å². The molecule has 3 aliphatic rings. The maximum absolute atomic E-state index is 12.0. The zero-order chi connectivity index (χ0) is 29.0. The van der Waals surface area contributed by atoms with Gasteiger partial charge in [-0.05, 0) is 57.1 Å². The number of hydrogen-bond donors (Lipinski definition) is 6. The largest absolute Gasteiger partial charge is 0.490 e. The number of urea groups is 1. The number of nitrogens with zero attached hydrogens (tertiary/aromatic N) is 4. The van der Waals surface area contributed by atoms with E-state index in [-0.39, 0.29) is 5.70 Å². The molecule has 218 valence electrons. The minimum atomic E-state index is -5.08. The molecule has 3 heterocycles. The molecule has 2 aromatic heterocycles. The van der Waals surface area contributed by atoms with Crippen molar-refractivity contribution in [3.8, 4) is 0 Å². The van der Waals surface area contributed by atoms with Gasteiger partial charge < -0.3 is 26.4 Å². The van der Waals surface area contributed by atoms with Gasteiger partial charge in [0.25, 0.3) is 5.91 Å². The van der Waals surface area contributed by atoms with E-state index in [1.165, 1.54) is 0 Å². The lowest BCUT2D eigenvalue weighted by Gasteiger charge is -2.30. The molecule has 0 radical (unpaired) electrons. The van der Waals surface area contributed by atoms with Gasteiger partial charge in [-0.3, -0.25) is 10.1 Å². The third-order valence-electron chi connectivity index (χ3n) is 6.44. The summed E-state index contributed by atoms with van der Waals surface area (Å²) in [6.45, 7) is 5.51. The van der Waals surface area contributed by atoms with Crippen molar-refractivity contribution in [2.75, 3.05) is 17.2 Å². The highest BCUT2D eigenvalue weighted by Gasteiger charge is 2.38. The van der Waals surface area contributed by atoms with Crippen molar-refractivity contribution in [2.45, 2.75) is 76.7 Å². The predicted octanol–water partition coefficient (Wildman–Crippen LogP) is 2.48. The van der Waals surface area contributed by atoms with Crippen LogP contribution in [0, 0.1) is 5.92 Å². The lowest BCUT2D eigenvalue weighted by Crippen LogP contribution is -2.38. The van der Waals surface area contributed by atoms with E-state index in [1.54, 1.807) is 16.8 Å². The van der Waals surface area contributed by atoms with Crippen LogP contribution in [0.4, 0.5) is 29.9 Å². The Labute approximate surface area is 227 Å². The van der Waals surface area contributed by atoms with E-state index in [9.17, 15) is 22.8 Å². The third kappa shape index (κ3) is 7.80. The average Bonchev–Trinajstić information content (AvgIpc) is 3.51. The Morgan fingerprint density at radius 1 is 1.07 bits per heavy atom. The van der Waals surface area contributed by atoms with Crippen molar-refractivity contribution in [1.29, 1.82) is 0 Å². The highest BCUT2D eigenvalue weighted by Crippen LogP contribution is 2.27. The fraction of sp³-hybridized carbons (Fsp3) is 0.583. The molecule has 1 saturated heterocycles. The maximum atomic E-state index is 12.0. The Balaban J connectivity index is 0.000000470. The summed E-state index contributed by atoms with van der Waals surface area (Å²) in [7, 11) is 0. The van der Waals surface area contributed by atoms with Gasteiger partial charge in [0.15, 0.2) is 5.65 Å². The van der Waals surface area contributed by atoms with Gasteiger partial charge in [-0.2, -0.15) is 32.8 Å². The number of aromatic nitrogens is 4. The Bertz CT molecular complexity index is 1280. The second-order valence-electron chi connectivity index (χ2n) is 10.4. The molecule has 3 fully saturated rings. The highest BCUT2D eigenvalue weighted by atomic mass is 19.4. The number of fused-ring (bicyclic) bond motifs is 1. The van der Waals surface area contributed by atoms with Crippen molar-refractivity contribution in [3.63, 3.8) is 0 Å². The second kappa shape index (κ2) is 12.1. The fourth-order valence-corrected chi connectivity index (χ4v) is 4.23. The number of carboxylic acids is 1. The summed E-state index contributed by atoms with van der Waals surface area (Å²) in [5.41, 5.74) is 1.38. The van der Waals surface area contributed by atoms with Crippen LogP contribution in [0.15, 0.2) is 11.9 Å². The monoisotopic (exact) mass is 567 g/mol. The number of carbonyl (C=O) groups excluding carboxylic acids is 2. The summed E-state index contributed by atoms with van der Waals surface area (Å²) in [6, 6.07) is 0.739. The van der Waals surface area contributed by atoms with Gasteiger partial charge in [0.1, 0.15) is 5.70 Å².